The quantitative estimate of drug-likeness (QED) is 0.841. The van der Waals surface area contributed by atoms with Crippen LogP contribution >= 0.6 is 0 Å². The fourth-order valence-electron chi connectivity index (χ4n) is 2.11. The first-order chi connectivity index (χ1) is 8.98. The molecule has 1 aromatic heterocycles. The SMILES string of the molecule is Cc1nnc(NCC2(O)CCOC2C)c(C#N)c1C. The normalized spacial score (nSPS) is 26.2. The van der Waals surface area contributed by atoms with Crippen LogP contribution in [0.4, 0.5) is 5.82 Å². The Kier molecular flexibility index (Phi) is 3.69. The Morgan fingerprint density at radius 3 is 2.84 bits per heavy atom. The van der Waals surface area contributed by atoms with Crippen LogP contribution in [0.5, 0.6) is 0 Å². The average molecular weight is 262 g/mol. The highest BCUT2D eigenvalue weighted by Gasteiger charge is 2.39. The van der Waals surface area contributed by atoms with Crippen LogP contribution in [0.25, 0.3) is 0 Å². The van der Waals surface area contributed by atoms with E-state index in [4.69, 9.17) is 4.74 Å². The maximum Gasteiger partial charge on any atom is 0.167 e. The van der Waals surface area contributed by atoms with Crippen LogP contribution in [0.3, 0.4) is 0 Å². The number of anilines is 1. The van der Waals surface area contributed by atoms with Gasteiger partial charge in [0.2, 0.25) is 0 Å². The predicted octanol–water partition coefficient (Wildman–Crippen LogP) is 0.917. The maximum absolute atomic E-state index is 10.4. The summed E-state index contributed by atoms with van der Waals surface area (Å²) in [6.07, 6.45) is 0.339. The van der Waals surface area contributed by atoms with Crippen molar-refractivity contribution in [2.75, 3.05) is 18.5 Å². The highest BCUT2D eigenvalue weighted by molar-refractivity contribution is 5.55. The van der Waals surface area contributed by atoms with E-state index in [9.17, 15) is 10.4 Å². The zero-order chi connectivity index (χ0) is 14.0. The van der Waals surface area contributed by atoms with Crippen LogP contribution in [0.2, 0.25) is 0 Å². The van der Waals surface area contributed by atoms with Crippen molar-refractivity contribution >= 4 is 5.82 Å². The second kappa shape index (κ2) is 5.11. The number of aliphatic hydroxyl groups is 1. The maximum atomic E-state index is 10.4. The molecule has 0 aliphatic carbocycles. The van der Waals surface area contributed by atoms with E-state index in [-0.39, 0.29) is 6.10 Å². The minimum atomic E-state index is -0.923. The Balaban J connectivity index is 2.17. The minimum Gasteiger partial charge on any atom is -0.385 e. The van der Waals surface area contributed by atoms with Gasteiger partial charge in [0.25, 0.3) is 0 Å². The Bertz CT molecular complexity index is 526. The summed E-state index contributed by atoms with van der Waals surface area (Å²) in [6, 6.07) is 2.13. The summed E-state index contributed by atoms with van der Waals surface area (Å²) in [5.74, 6) is 0.415. The number of nitrogens with one attached hydrogen (secondary N) is 1. The van der Waals surface area contributed by atoms with E-state index in [2.05, 4.69) is 21.6 Å². The molecule has 0 spiro atoms. The Hall–Kier alpha value is -1.71. The molecular formula is C13H18N4O2. The molecular weight excluding hydrogens is 244 g/mol. The largest absolute Gasteiger partial charge is 0.385 e. The summed E-state index contributed by atoms with van der Waals surface area (Å²) >= 11 is 0. The first kappa shape index (κ1) is 13.7. The van der Waals surface area contributed by atoms with Crippen molar-refractivity contribution in [3.05, 3.63) is 16.8 Å². The van der Waals surface area contributed by atoms with Crippen molar-refractivity contribution in [1.82, 2.24) is 10.2 Å². The van der Waals surface area contributed by atoms with Crippen LogP contribution in [0, 0.1) is 25.2 Å². The minimum absolute atomic E-state index is 0.231. The Morgan fingerprint density at radius 1 is 1.53 bits per heavy atom. The molecule has 6 heteroatoms. The molecule has 102 valence electrons. The molecule has 0 saturated carbocycles. The third-order valence-corrected chi connectivity index (χ3v) is 3.79. The van der Waals surface area contributed by atoms with Crippen LogP contribution in [-0.2, 0) is 4.74 Å². The summed E-state index contributed by atoms with van der Waals surface area (Å²) in [5.41, 5.74) is 1.09. The molecule has 2 N–H and O–H groups in total. The van der Waals surface area contributed by atoms with Crippen molar-refractivity contribution in [3.8, 4) is 6.07 Å². The third-order valence-electron chi connectivity index (χ3n) is 3.79. The molecule has 19 heavy (non-hydrogen) atoms. The summed E-state index contributed by atoms with van der Waals surface area (Å²) in [7, 11) is 0. The van der Waals surface area contributed by atoms with Gasteiger partial charge in [-0.25, -0.2) is 0 Å². The van der Waals surface area contributed by atoms with Gasteiger partial charge in [-0.15, -0.1) is 5.10 Å². The third kappa shape index (κ3) is 2.53. The lowest BCUT2D eigenvalue weighted by atomic mass is 9.96. The van der Waals surface area contributed by atoms with Crippen molar-refractivity contribution in [2.24, 2.45) is 0 Å². The van der Waals surface area contributed by atoms with E-state index in [1.165, 1.54) is 0 Å². The van der Waals surface area contributed by atoms with E-state index < -0.39 is 5.60 Å². The van der Waals surface area contributed by atoms with Crippen molar-refractivity contribution in [1.29, 1.82) is 5.26 Å². The van der Waals surface area contributed by atoms with E-state index >= 15 is 0 Å². The van der Waals surface area contributed by atoms with Gasteiger partial charge < -0.3 is 15.2 Å². The van der Waals surface area contributed by atoms with Crippen molar-refractivity contribution in [2.45, 2.75) is 38.9 Å². The Morgan fingerprint density at radius 2 is 2.26 bits per heavy atom. The Labute approximate surface area is 112 Å². The van der Waals surface area contributed by atoms with E-state index in [1.807, 2.05) is 20.8 Å². The smallest absolute Gasteiger partial charge is 0.167 e. The molecule has 0 aromatic carbocycles. The molecule has 0 radical (unpaired) electrons. The predicted molar refractivity (Wildman–Crippen MR) is 69.7 cm³/mol. The van der Waals surface area contributed by atoms with Gasteiger partial charge in [-0.3, -0.25) is 0 Å². The van der Waals surface area contributed by atoms with Gasteiger partial charge in [0.05, 0.1) is 11.8 Å². The summed E-state index contributed by atoms with van der Waals surface area (Å²) in [6.45, 7) is 6.33. The fraction of sp³-hybridized carbons (Fsp3) is 0.615. The number of nitriles is 1. The molecule has 1 aliphatic rings. The number of nitrogens with zero attached hydrogens (tertiary/aromatic N) is 3. The lowest BCUT2D eigenvalue weighted by Gasteiger charge is -2.26. The summed E-state index contributed by atoms with van der Waals surface area (Å²) in [5, 5.41) is 30.6. The van der Waals surface area contributed by atoms with Gasteiger partial charge in [-0.1, -0.05) is 0 Å². The van der Waals surface area contributed by atoms with E-state index in [0.29, 0.717) is 31.0 Å². The molecule has 0 amide bonds. The lowest BCUT2D eigenvalue weighted by Crippen LogP contribution is -2.43. The number of ether oxygens (including phenoxy) is 1. The van der Waals surface area contributed by atoms with Crippen molar-refractivity contribution < 1.29 is 9.84 Å². The second-order valence-electron chi connectivity index (χ2n) is 4.97. The van der Waals surface area contributed by atoms with Gasteiger partial charge in [0.1, 0.15) is 17.2 Å². The summed E-state index contributed by atoms with van der Waals surface area (Å²) in [4.78, 5) is 0. The molecule has 1 aliphatic heterocycles. The molecule has 0 bridgehead atoms. The first-order valence-corrected chi connectivity index (χ1v) is 6.30. The zero-order valence-electron chi connectivity index (χ0n) is 11.4. The van der Waals surface area contributed by atoms with Gasteiger partial charge in [-0.2, -0.15) is 10.4 Å². The van der Waals surface area contributed by atoms with Gasteiger partial charge in [-0.05, 0) is 26.3 Å². The van der Waals surface area contributed by atoms with Crippen molar-refractivity contribution in [3.63, 3.8) is 0 Å². The molecule has 2 rings (SSSR count). The van der Waals surface area contributed by atoms with E-state index in [0.717, 1.165) is 11.3 Å². The topological polar surface area (TPSA) is 91.1 Å². The molecule has 2 heterocycles. The van der Waals surface area contributed by atoms with Crippen LogP contribution in [-0.4, -0.2) is 40.2 Å². The fourth-order valence-corrected chi connectivity index (χ4v) is 2.11. The standard InChI is InChI=1S/C13H18N4O2/c1-8-9(2)16-17-12(11(8)6-14)15-7-13(18)4-5-19-10(13)3/h10,18H,4-5,7H2,1-3H3,(H,15,17). The second-order valence-corrected chi connectivity index (χ2v) is 4.97. The van der Waals surface area contributed by atoms with Gasteiger partial charge in [0, 0.05) is 19.6 Å². The summed E-state index contributed by atoms with van der Waals surface area (Å²) < 4.78 is 5.37. The average Bonchev–Trinajstić information content (AvgIpc) is 2.71. The highest BCUT2D eigenvalue weighted by atomic mass is 16.5. The molecule has 1 aromatic rings. The van der Waals surface area contributed by atoms with Gasteiger partial charge >= 0.3 is 0 Å². The van der Waals surface area contributed by atoms with Crippen LogP contribution in [0.15, 0.2) is 0 Å². The number of aryl methyl sites for hydroxylation is 1. The first-order valence-electron chi connectivity index (χ1n) is 6.30. The lowest BCUT2D eigenvalue weighted by molar-refractivity contribution is -0.0176. The zero-order valence-corrected chi connectivity index (χ0v) is 11.4. The molecule has 6 nitrogen and oxygen atoms in total. The number of rotatable bonds is 3. The number of hydrogen-bond donors (Lipinski definition) is 2. The molecule has 1 fully saturated rings. The molecule has 1 saturated heterocycles. The molecule has 2 atom stereocenters. The van der Waals surface area contributed by atoms with Gasteiger partial charge in [0.15, 0.2) is 5.82 Å². The monoisotopic (exact) mass is 262 g/mol. The van der Waals surface area contributed by atoms with Crippen LogP contribution in [0.1, 0.15) is 30.2 Å². The highest BCUT2D eigenvalue weighted by Crippen LogP contribution is 2.26. The number of hydrogen-bond acceptors (Lipinski definition) is 6. The van der Waals surface area contributed by atoms with E-state index in [1.54, 1.807) is 0 Å². The van der Waals surface area contributed by atoms with Crippen LogP contribution < -0.4 is 5.32 Å². The number of aromatic nitrogens is 2. The molecule has 2 unspecified atom stereocenters.